The molecule has 2 fully saturated rings. The van der Waals surface area contributed by atoms with Gasteiger partial charge in [-0.1, -0.05) is 0 Å². The summed E-state index contributed by atoms with van der Waals surface area (Å²) in [5.41, 5.74) is -0.426. The number of fused-ring (bicyclic) bond motifs is 2. The Morgan fingerprint density at radius 3 is 1.69 bits per heavy atom. The maximum atomic E-state index is 14.4. The number of benzene rings is 2. The third-order valence-corrected chi connectivity index (χ3v) is 8.67. The molecule has 0 spiro atoms. The van der Waals surface area contributed by atoms with Crippen LogP contribution in [-0.2, 0) is 14.2 Å². The minimum absolute atomic E-state index is 0.0440. The summed E-state index contributed by atoms with van der Waals surface area (Å²) in [6.07, 6.45) is -17.4. The maximum Gasteiger partial charge on any atom is 0.229 e. The number of carbonyl (C=O) groups is 2. The van der Waals surface area contributed by atoms with Crippen molar-refractivity contribution in [3.05, 3.63) is 39.9 Å². The SMILES string of the molecule is COc1cc2c(c(OC3OC(CO)C(O)C(O)C3OC3OC(CO)C(O)C(O)C3O)c1C)C(=O)c1c(cc(OC)c(OC)c1OC)C2=O. The minimum Gasteiger partial charge on any atom is -0.496 e. The summed E-state index contributed by atoms with van der Waals surface area (Å²) >= 11 is 0. The van der Waals surface area contributed by atoms with Crippen molar-refractivity contribution in [3.63, 3.8) is 0 Å². The Bertz CT molecular complexity index is 1540. The number of hydrogen-bond donors (Lipinski definition) is 7. The fourth-order valence-corrected chi connectivity index (χ4v) is 6.07. The molecule has 17 heteroatoms. The largest absolute Gasteiger partial charge is 0.496 e. The van der Waals surface area contributed by atoms with E-state index >= 15 is 0 Å². The summed E-state index contributed by atoms with van der Waals surface area (Å²) in [7, 11) is 5.28. The topological polar surface area (TPSA) is 250 Å². The van der Waals surface area contributed by atoms with E-state index in [2.05, 4.69) is 0 Å². The molecule has 2 aromatic rings. The van der Waals surface area contributed by atoms with Crippen LogP contribution in [-0.4, -0.2) is 150 Å². The first kappa shape index (κ1) is 35.7. The molecule has 48 heavy (non-hydrogen) atoms. The molecule has 0 saturated carbocycles. The Hall–Kier alpha value is -3.62. The zero-order chi connectivity index (χ0) is 35.2. The fraction of sp³-hybridized carbons (Fsp3) is 0.548. The van der Waals surface area contributed by atoms with Crippen LogP contribution < -0.4 is 23.7 Å². The molecule has 2 aromatic carbocycles. The van der Waals surface area contributed by atoms with Crippen LogP contribution in [0.15, 0.2) is 12.1 Å². The average molecular weight is 683 g/mol. The lowest BCUT2D eigenvalue weighted by molar-refractivity contribution is -0.357. The molecule has 10 atom stereocenters. The zero-order valence-corrected chi connectivity index (χ0v) is 26.6. The highest BCUT2D eigenvalue weighted by molar-refractivity contribution is 6.31. The first-order valence-corrected chi connectivity index (χ1v) is 14.8. The summed E-state index contributed by atoms with van der Waals surface area (Å²) in [5.74, 6) is -1.45. The summed E-state index contributed by atoms with van der Waals surface area (Å²) in [4.78, 5) is 28.4. The van der Waals surface area contributed by atoms with E-state index in [4.69, 9.17) is 37.9 Å². The third kappa shape index (κ3) is 5.75. The van der Waals surface area contributed by atoms with Gasteiger partial charge in [0.25, 0.3) is 0 Å². The summed E-state index contributed by atoms with van der Waals surface area (Å²) < 4.78 is 44.9. The van der Waals surface area contributed by atoms with Crippen molar-refractivity contribution in [1.82, 2.24) is 0 Å². The number of ketones is 2. The first-order chi connectivity index (χ1) is 22.9. The Labute approximate surface area is 273 Å². The van der Waals surface area contributed by atoms with E-state index in [0.29, 0.717) is 0 Å². The Balaban J connectivity index is 1.63. The minimum atomic E-state index is -1.91. The standard InChI is InChI=1S/C31H38O17/c1-10-13(41-2)6-11-17(22(37)18-12(19(11)34)7-14(42-3)27(43-4)28(18)44-5)26(10)47-31-29(24(39)21(36)16(9-33)46-31)48-30-25(40)23(38)20(35)15(8-32)45-30/h6-7,15-16,20-21,23-25,29-33,35-36,38-40H,8-9H2,1-5H3. The van der Waals surface area contributed by atoms with Crippen molar-refractivity contribution in [1.29, 1.82) is 0 Å². The summed E-state index contributed by atoms with van der Waals surface area (Å²) in [6.45, 7) is -0.0706. The number of aliphatic hydroxyl groups excluding tert-OH is 7. The van der Waals surface area contributed by atoms with Gasteiger partial charge in [0.15, 0.2) is 29.7 Å². The second kappa shape index (κ2) is 14.1. The maximum absolute atomic E-state index is 14.4. The lowest BCUT2D eigenvalue weighted by Crippen LogP contribution is -2.65. The van der Waals surface area contributed by atoms with Crippen LogP contribution >= 0.6 is 0 Å². The van der Waals surface area contributed by atoms with Crippen LogP contribution in [0, 0.1) is 6.92 Å². The van der Waals surface area contributed by atoms with Crippen LogP contribution in [0.1, 0.15) is 37.4 Å². The van der Waals surface area contributed by atoms with Gasteiger partial charge in [0.2, 0.25) is 17.8 Å². The van der Waals surface area contributed by atoms with E-state index in [-0.39, 0.29) is 56.6 Å². The normalized spacial score (nSPS) is 31.5. The number of hydrogen-bond acceptors (Lipinski definition) is 17. The smallest absolute Gasteiger partial charge is 0.229 e. The van der Waals surface area contributed by atoms with Gasteiger partial charge in [-0.25, -0.2) is 0 Å². The van der Waals surface area contributed by atoms with Crippen LogP contribution in [0.4, 0.5) is 0 Å². The quantitative estimate of drug-likeness (QED) is 0.120. The second-order valence-electron chi connectivity index (χ2n) is 11.3. The molecule has 0 radical (unpaired) electrons. The van der Waals surface area contributed by atoms with Crippen LogP contribution in [0.5, 0.6) is 28.7 Å². The number of methoxy groups -OCH3 is 4. The molecule has 264 valence electrons. The van der Waals surface area contributed by atoms with E-state index in [1.165, 1.54) is 47.5 Å². The van der Waals surface area contributed by atoms with E-state index in [9.17, 15) is 45.3 Å². The summed E-state index contributed by atoms with van der Waals surface area (Å²) in [6, 6.07) is 2.69. The molecular formula is C31H38O17. The molecule has 0 aromatic heterocycles. The van der Waals surface area contributed by atoms with Gasteiger partial charge < -0.3 is 73.6 Å². The molecule has 7 N–H and O–H groups in total. The highest BCUT2D eigenvalue weighted by Crippen LogP contribution is 2.49. The van der Waals surface area contributed by atoms with Gasteiger partial charge >= 0.3 is 0 Å². The van der Waals surface area contributed by atoms with E-state index < -0.39 is 86.2 Å². The molecule has 0 amide bonds. The number of carbonyl (C=O) groups excluding carboxylic acids is 2. The zero-order valence-electron chi connectivity index (χ0n) is 26.6. The molecule has 2 heterocycles. The molecule has 3 aliphatic rings. The van der Waals surface area contributed by atoms with E-state index in [1.807, 2.05) is 0 Å². The Morgan fingerprint density at radius 1 is 0.625 bits per heavy atom. The first-order valence-electron chi connectivity index (χ1n) is 14.8. The van der Waals surface area contributed by atoms with Crippen molar-refractivity contribution in [2.75, 3.05) is 41.7 Å². The monoisotopic (exact) mass is 682 g/mol. The number of ether oxygens (including phenoxy) is 8. The highest BCUT2D eigenvalue weighted by atomic mass is 16.8. The number of aliphatic hydroxyl groups is 7. The molecule has 17 nitrogen and oxygen atoms in total. The lowest BCUT2D eigenvalue weighted by Gasteiger charge is -2.46. The summed E-state index contributed by atoms with van der Waals surface area (Å²) in [5, 5.41) is 72.4. The van der Waals surface area contributed by atoms with Gasteiger partial charge in [-0.2, -0.15) is 0 Å². The van der Waals surface area contributed by atoms with Gasteiger partial charge in [-0.3, -0.25) is 9.59 Å². The fourth-order valence-electron chi connectivity index (χ4n) is 6.07. The van der Waals surface area contributed by atoms with Gasteiger partial charge in [-0.05, 0) is 19.1 Å². The van der Waals surface area contributed by atoms with Crippen molar-refractivity contribution < 1.29 is 83.2 Å². The molecular weight excluding hydrogens is 644 g/mol. The van der Waals surface area contributed by atoms with Crippen LogP contribution in [0.2, 0.25) is 0 Å². The predicted octanol–water partition coefficient (Wildman–Crippen LogP) is -2.19. The highest BCUT2D eigenvalue weighted by Gasteiger charge is 2.52. The van der Waals surface area contributed by atoms with Gasteiger partial charge in [0.05, 0.1) is 52.8 Å². The van der Waals surface area contributed by atoms with E-state index in [0.717, 1.165) is 0 Å². The van der Waals surface area contributed by atoms with Crippen LogP contribution in [0.25, 0.3) is 0 Å². The van der Waals surface area contributed by atoms with Crippen molar-refractivity contribution >= 4 is 11.6 Å². The van der Waals surface area contributed by atoms with Crippen molar-refractivity contribution in [2.45, 2.75) is 68.3 Å². The molecule has 2 saturated heterocycles. The van der Waals surface area contributed by atoms with Crippen LogP contribution in [0.3, 0.4) is 0 Å². The molecule has 10 unspecified atom stereocenters. The van der Waals surface area contributed by atoms with Gasteiger partial charge in [-0.15, -0.1) is 0 Å². The lowest BCUT2D eigenvalue weighted by atomic mass is 9.81. The van der Waals surface area contributed by atoms with Crippen molar-refractivity contribution in [3.8, 4) is 28.7 Å². The predicted molar refractivity (Wildman–Crippen MR) is 158 cm³/mol. The van der Waals surface area contributed by atoms with Gasteiger partial charge in [0.1, 0.15) is 54.2 Å². The molecule has 0 bridgehead atoms. The van der Waals surface area contributed by atoms with Gasteiger partial charge in [0, 0.05) is 16.7 Å². The molecule has 1 aliphatic carbocycles. The molecule has 5 rings (SSSR count). The molecule has 2 aliphatic heterocycles. The number of rotatable bonds is 10. The Morgan fingerprint density at radius 2 is 1.15 bits per heavy atom. The van der Waals surface area contributed by atoms with E-state index in [1.54, 1.807) is 0 Å². The second-order valence-corrected chi connectivity index (χ2v) is 11.3. The third-order valence-electron chi connectivity index (χ3n) is 8.67. The van der Waals surface area contributed by atoms with Crippen molar-refractivity contribution in [2.24, 2.45) is 0 Å². The average Bonchev–Trinajstić information content (AvgIpc) is 3.09. The Kier molecular flexibility index (Phi) is 10.5.